The maximum atomic E-state index is 12.9. The van der Waals surface area contributed by atoms with Crippen LogP contribution in [0.25, 0.3) is 0 Å². The Morgan fingerprint density at radius 1 is 0.970 bits per heavy atom. The molecule has 0 heterocycles. The molecule has 1 fully saturated rings. The van der Waals surface area contributed by atoms with E-state index in [4.69, 9.17) is 58.0 Å². The van der Waals surface area contributed by atoms with E-state index < -0.39 is 16.2 Å². The van der Waals surface area contributed by atoms with Crippen LogP contribution >= 0.6 is 58.0 Å². The fourth-order valence-electron chi connectivity index (χ4n) is 3.88. The Bertz CT molecular complexity index is 1020. The number of ketones is 1. The number of halogens is 5. The molecule has 0 spiro atoms. The Hall–Kier alpha value is -1.01. The number of nitrogens with zero attached hydrogens (tertiary/aromatic N) is 1. The van der Waals surface area contributed by atoms with Crippen LogP contribution in [-0.4, -0.2) is 41.6 Å². The molecule has 178 valence electrons. The van der Waals surface area contributed by atoms with Crippen molar-refractivity contribution in [3.63, 3.8) is 0 Å². The molecule has 1 amide bonds. The normalized spacial score (nSPS) is 18.9. The van der Waals surface area contributed by atoms with Gasteiger partial charge in [-0.15, -0.1) is 23.2 Å². The number of unbranched alkanes of at least 4 members (excludes halogenated alkanes) is 2. The van der Waals surface area contributed by atoms with Crippen LogP contribution < -0.4 is 5.32 Å². The Morgan fingerprint density at radius 2 is 1.64 bits per heavy atom. The molecule has 0 bridgehead atoms. The zero-order valence-corrected chi connectivity index (χ0v) is 22.1. The predicted octanol–water partition coefficient (Wildman–Crippen LogP) is 7.48. The lowest BCUT2D eigenvalue weighted by Gasteiger charge is -2.10. The van der Waals surface area contributed by atoms with Gasteiger partial charge >= 0.3 is 0 Å². The van der Waals surface area contributed by atoms with Crippen molar-refractivity contribution in [2.45, 2.75) is 35.9 Å². The number of rotatable bonds is 10. The van der Waals surface area contributed by atoms with Crippen molar-refractivity contribution in [1.29, 1.82) is 0 Å². The van der Waals surface area contributed by atoms with Gasteiger partial charge in [0.15, 0.2) is 5.78 Å². The third-order valence-electron chi connectivity index (χ3n) is 5.62. The molecule has 0 aromatic heterocycles. The summed E-state index contributed by atoms with van der Waals surface area (Å²) in [4.78, 5) is 27.7. The lowest BCUT2D eigenvalue weighted by Crippen LogP contribution is -2.17. The average Bonchev–Trinajstić information content (AvgIpc) is 3.30. The Kier molecular flexibility index (Phi) is 8.99. The van der Waals surface area contributed by atoms with Crippen molar-refractivity contribution < 1.29 is 9.59 Å². The molecule has 4 nitrogen and oxygen atoms in total. The minimum absolute atomic E-state index is 0.0529. The van der Waals surface area contributed by atoms with Crippen LogP contribution in [0.15, 0.2) is 36.4 Å². The van der Waals surface area contributed by atoms with E-state index in [0.717, 1.165) is 25.8 Å². The molecule has 0 saturated heterocycles. The zero-order chi connectivity index (χ0) is 24.3. The van der Waals surface area contributed by atoms with E-state index in [1.807, 2.05) is 14.1 Å². The molecule has 2 aromatic carbocycles. The quantitative estimate of drug-likeness (QED) is 0.190. The van der Waals surface area contributed by atoms with Crippen molar-refractivity contribution >= 4 is 75.4 Å². The molecule has 1 N–H and O–H groups in total. The summed E-state index contributed by atoms with van der Waals surface area (Å²) in [6.45, 7) is 0.989. The third-order valence-corrected chi connectivity index (χ3v) is 7.33. The smallest absolute Gasteiger partial charge is 0.231 e. The van der Waals surface area contributed by atoms with Crippen molar-refractivity contribution in [3.05, 3.63) is 62.6 Å². The summed E-state index contributed by atoms with van der Waals surface area (Å²) < 4.78 is -1.28. The van der Waals surface area contributed by atoms with Gasteiger partial charge in [0.05, 0.1) is 10.9 Å². The minimum atomic E-state index is -1.28. The highest BCUT2D eigenvalue weighted by Gasteiger charge is 2.67. The molecule has 1 saturated carbocycles. The number of alkyl halides is 2. The molecule has 2 atom stereocenters. The summed E-state index contributed by atoms with van der Waals surface area (Å²) >= 11 is 31.3. The largest absolute Gasteiger partial charge is 0.326 e. The van der Waals surface area contributed by atoms with Gasteiger partial charge in [-0.05, 0) is 75.4 Å². The fraction of sp³-hybridized carbons (Fsp3) is 0.417. The first-order valence-corrected chi connectivity index (χ1v) is 12.5. The maximum absolute atomic E-state index is 12.9. The number of hydrogen-bond donors (Lipinski definition) is 1. The van der Waals surface area contributed by atoms with E-state index in [-0.39, 0.29) is 11.7 Å². The van der Waals surface area contributed by atoms with Gasteiger partial charge in [0.2, 0.25) is 5.91 Å². The van der Waals surface area contributed by atoms with Crippen LogP contribution in [0.2, 0.25) is 15.1 Å². The number of anilines is 1. The highest BCUT2D eigenvalue weighted by atomic mass is 35.5. The van der Waals surface area contributed by atoms with E-state index >= 15 is 0 Å². The maximum Gasteiger partial charge on any atom is 0.231 e. The second kappa shape index (κ2) is 11.2. The summed E-state index contributed by atoms with van der Waals surface area (Å²) in [5.41, 5.74) is 1.54. The van der Waals surface area contributed by atoms with Crippen LogP contribution in [-0.2, 0) is 4.79 Å². The number of carbonyl (C=O) groups excluding carboxylic acids is 2. The summed E-state index contributed by atoms with van der Waals surface area (Å²) in [6, 6.07) is 9.84. The fourth-order valence-corrected chi connectivity index (χ4v) is 5.48. The van der Waals surface area contributed by atoms with Crippen LogP contribution in [0.3, 0.4) is 0 Å². The van der Waals surface area contributed by atoms with Gasteiger partial charge < -0.3 is 10.2 Å². The molecule has 1 aliphatic carbocycles. The second-order valence-corrected chi connectivity index (χ2v) is 11.3. The number of nitrogens with one attached hydrogen (secondary N) is 1. The van der Waals surface area contributed by atoms with Crippen molar-refractivity contribution in [2.75, 3.05) is 26.0 Å². The second-order valence-electron chi connectivity index (χ2n) is 8.55. The lowest BCUT2D eigenvalue weighted by atomic mass is 10.0. The monoisotopic (exact) mass is 548 g/mol. The third kappa shape index (κ3) is 6.78. The molecule has 9 heteroatoms. The molecule has 0 aliphatic heterocycles. The van der Waals surface area contributed by atoms with Crippen LogP contribution in [0, 0.1) is 5.92 Å². The number of Topliss-reactive ketones (excluding diaryl/α,β-unsaturated/α-hetero) is 1. The molecule has 3 rings (SSSR count). The molecule has 2 unspecified atom stereocenters. The van der Waals surface area contributed by atoms with Crippen molar-refractivity contribution in [3.8, 4) is 0 Å². The van der Waals surface area contributed by atoms with Gasteiger partial charge in [0.25, 0.3) is 0 Å². The minimum Gasteiger partial charge on any atom is -0.326 e. The number of amides is 1. The summed E-state index contributed by atoms with van der Waals surface area (Å²) in [5.74, 6) is -1.55. The van der Waals surface area contributed by atoms with Crippen LogP contribution in [0.1, 0.15) is 47.5 Å². The predicted molar refractivity (Wildman–Crippen MR) is 139 cm³/mol. The Balaban J connectivity index is 1.65. The first kappa shape index (κ1) is 26.6. The summed E-state index contributed by atoms with van der Waals surface area (Å²) in [5, 5.41) is 4.04. The SMILES string of the molecule is CN(C)CCCCCC(=O)c1cc(NC(=O)C2C(c3cc(Cl)cc(Cl)c3)C2(Cl)Cl)ccc1Cl. The Labute approximate surface area is 219 Å². The lowest BCUT2D eigenvalue weighted by molar-refractivity contribution is -0.117. The van der Waals surface area contributed by atoms with Gasteiger partial charge in [-0.2, -0.15) is 0 Å². The summed E-state index contributed by atoms with van der Waals surface area (Å²) in [6.07, 6.45) is 3.18. The van der Waals surface area contributed by atoms with Crippen molar-refractivity contribution in [2.24, 2.45) is 5.92 Å². The van der Waals surface area contributed by atoms with Crippen molar-refractivity contribution in [1.82, 2.24) is 4.90 Å². The van der Waals surface area contributed by atoms with E-state index in [2.05, 4.69) is 10.2 Å². The molecule has 1 aliphatic rings. The first-order chi connectivity index (χ1) is 15.5. The van der Waals surface area contributed by atoms with Gasteiger partial charge in [-0.1, -0.05) is 41.2 Å². The first-order valence-electron chi connectivity index (χ1n) is 10.6. The topological polar surface area (TPSA) is 49.4 Å². The van der Waals surface area contributed by atoms with E-state index in [1.54, 1.807) is 36.4 Å². The molecule has 2 aromatic rings. The van der Waals surface area contributed by atoms with E-state index in [9.17, 15) is 9.59 Å². The van der Waals surface area contributed by atoms with Gasteiger partial charge in [-0.25, -0.2) is 0 Å². The summed E-state index contributed by atoms with van der Waals surface area (Å²) in [7, 11) is 4.05. The zero-order valence-electron chi connectivity index (χ0n) is 18.3. The van der Waals surface area contributed by atoms with E-state index in [0.29, 0.717) is 38.3 Å². The Morgan fingerprint density at radius 3 is 2.27 bits per heavy atom. The van der Waals surface area contributed by atoms with Gasteiger partial charge in [0, 0.05) is 33.6 Å². The molecular formula is C24H25Cl5N2O2. The molecular weight excluding hydrogens is 526 g/mol. The average molecular weight is 551 g/mol. The number of hydrogen-bond acceptors (Lipinski definition) is 3. The van der Waals surface area contributed by atoms with Gasteiger partial charge in [-0.3, -0.25) is 9.59 Å². The van der Waals surface area contributed by atoms with Gasteiger partial charge in [0.1, 0.15) is 4.33 Å². The highest BCUT2D eigenvalue weighted by Crippen LogP contribution is 2.65. The molecule has 0 radical (unpaired) electrons. The van der Waals surface area contributed by atoms with E-state index in [1.165, 1.54) is 0 Å². The number of carbonyl (C=O) groups is 2. The van der Waals surface area contributed by atoms with Crippen LogP contribution in [0.4, 0.5) is 5.69 Å². The standard InChI is InChI=1S/C24H25Cl5N2O2/c1-31(2)9-5-3-4-6-20(32)18-13-17(7-8-19(18)27)30-23(33)22-21(24(22,28)29)14-10-15(25)12-16(26)11-14/h7-8,10-13,21-22H,3-6,9H2,1-2H3,(H,30,33). The van der Waals surface area contributed by atoms with Crippen LogP contribution in [0.5, 0.6) is 0 Å². The molecule has 33 heavy (non-hydrogen) atoms. The number of benzene rings is 2. The highest BCUT2D eigenvalue weighted by molar-refractivity contribution is 6.53.